The lowest BCUT2D eigenvalue weighted by Crippen LogP contribution is -2.46. The maximum absolute atomic E-state index is 13.2. The van der Waals surface area contributed by atoms with Gasteiger partial charge in [0.1, 0.15) is 6.10 Å². The van der Waals surface area contributed by atoms with Gasteiger partial charge < -0.3 is 14.3 Å². The number of ether oxygens (including phenoxy) is 2. The molecule has 2 bridgehead atoms. The normalized spacial score (nSPS) is 32.5. The standard InChI is InChI=1S/C21H24N4O6/c1-29-12-4-3-9(7-13(12)30-2)5-6-25-20(27)14-10-8-11(15(14)21(25)28)18-16(10)17(24-31-18)19(26)23-22/h3-4,7,10-11,14-16,18H,5-6,8,22H2,1-2H3,(H,23,26)/t10-,11-,14+,15-,16-,18+/m1/s1. The van der Waals surface area contributed by atoms with Crippen LogP contribution in [-0.4, -0.2) is 55.2 Å². The highest BCUT2D eigenvalue weighted by Crippen LogP contribution is 2.61. The smallest absolute Gasteiger partial charge is 0.283 e. The first kappa shape index (κ1) is 19.8. The number of carbonyl (C=O) groups excluding carboxylic acids is 3. The van der Waals surface area contributed by atoms with Gasteiger partial charge in [-0.1, -0.05) is 11.2 Å². The largest absolute Gasteiger partial charge is 0.493 e. The summed E-state index contributed by atoms with van der Waals surface area (Å²) in [4.78, 5) is 45.3. The molecule has 3 amide bonds. The average Bonchev–Trinajstić information content (AvgIpc) is 3.52. The van der Waals surface area contributed by atoms with E-state index in [1.165, 1.54) is 4.90 Å². The van der Waals surface area contributed by atoms with Gasteiger partial charge >= 0.3 is 0 Å². The van der Waals surface area contributed by atoms with E-state index >= 15 is 0 Å². The molecule has 0 spiro atoms. The first-order valence-corrected chi connectivity index (χ1v) is 10.3. The molecule has 10 nitrogen and oxygen atoms in total. The number of nitrogens with zero attached hydrogens (tertiary/aromatic N) is 2. The molecule has 0 aromatic heterocycles. The molecular formula is C21H24N4O6. The van der Waals surface area contributed by atoms with Crippen molar-refractivity contribution in [1.82, 2.24) is 10.3 Å². The molecule has 1 aromatic carbocycles. The molecule has 5 rings (SSSR count). The van der Waals surface area contributed by atoms with Crippen molar-refractivity contribution < 1.29 is 28.7 Å². The fourth-order valence-corrected chi connectivity index (χ4v) is 5.95. The predicted molar refractivity (Wildman–Crippen MR) is 107 cm³/mol. The van der Waals surface area contributed by atoms with Crippen LogP contribution >= 0.6 is 0 Å². The monoisotopic (exact) mass is 428 g/mol. The van der Waals surface area contributed by atoms with Crippen molar-refractivity contribution in [2.24, 2.45) is 40.6 Å². The number of likely N-dealkylation sites (tertiary alicyclic amines) is 1. The van der Waals surface area contributed by atoms with E-state index in [0.717, 1.165) is 5.56 Å². The zero-order valence-electron chi connectivity index (χ0n) is 17.2. The Labute approximate surface area is 178 Å². The molecule has 10 heteroatoms. The number of imide groups is 1. The molecule has 2 heterocycles. The Bertz CT molecular complexity index is 994. The fourth-order valence-electron chi connectivity index (χ4n) is 5.95. The van der Waals surface area contributed by atoms with Crippen LogP contribution in [0.15, 0.2) is 23.4 Å². The van der Waals surface area contributed by atoms with Gasteiger partial charge in [0, 0.05) is 12.5 Å². The molecule has 0 radical (unpaired) electrons. The van der Waals surface area contributed by atoms with Crippen molar-refractivity contribution in [2.45, 2.75) is 18.9 Å². The average molecular weight is 428 g/mol. The van der Waals surface area contributed by atoms with Gasteiger partial charge in [-0.05, 0) is 36.5 Å². The van der Waals surface area contributed by atoms with Gasteiger partial charge in [-0.15, -0.1) is 0 Å². The molecule has 1 aromatic rings. The highest BCUT2D eigenvalue weighted by Gasteiger charge is 2.70. The van der Waals surface area contributed by atoms with E-state index in [-0.39, 0.29) is 41.4 Å². The lowest BCUT2D eigenvalue weighted by atomic mass is 9.72. The number of amides is 3. The van der Waals surface area contributed by atoms with Crippen molar-refractivity contribution in [3.63, 3.8) is 0 Å². The number of nitrogens with one attached hydrogen (secondary N) is 1. The van der Waals surface area contributed by atoms with Gasteiger partial charge in [0.2, 0.25) is 11.8 Å². The highest BCUT2D eigenvalue weighted by molar-refractivity contribution is 6.40. The van der Waals surface area contributed by atoms with E-state index in [1.807, 2.05) is 12.1 Å². The van der Waals surface area contributed by atoms with Gasteiger partial charge in [0.15, 0.2) is 17.2 Å². The summed E-state index contributed by atoms with van der Waals surface area (Å²) in [6.45, 7) is 0.292. The van der Waals surface area contributed by atoms with E-state index in [9.17, 15) is 14.4 Å². The zero-order valence-corrected chi connectivity index (χ0v) is 17.2. The Balaban J connectivity index is 1.33. The number of methoxy groups -OCH3 is 2. The number of hydrogen-bond acceptors (Lipinski definition) is 8. The SMILES string of the molecule is COc1ccc(CCN2C(=O)[C@@H]3[C@H]4C[C@@H]([C@@H]5C(C(=O)NN)=NO[C@@H]45)[C@@H]3C2=O)cc1OC. The van der Waals surface area contributed by atoms with Crippen LogP contribution in [0.1, 0.15) is 12.0 Å². The lowest BCUT2D eigenvalue weighted by Gasteiger charge is -2.29. The van der Waals surface area contributed by atoms with Crippen LogP contribution in [0.2, 0.25) is 0 Å². The number of hydrogen-bond donors (Lipinski definition) is 2. The first-order chi connectivity index (χ1) is 15.0. The molecule has 3 N–H and O–H groups in total. The Hall–Kier alpha value is -3.14. The third-order valence-corrected chi connectivity index (χ3v) is 7.22. The summed E-state index contributed by atoms with van der Waals surface area (Å²) in [5.41, 5.74) is 3.25. The molecule has 6 atom stereocenters. The van der Waals surface area contributed by atoms with Gasteiger partial charge in [-0.25, -0.2) is 5.84 Å². The number of fused-ring (bicyclic) bond motifs is 8. The minimum Gasteiger partial charge on any atom is -0.493 e. The summed E-state index contributed by atoms with van der Waals surface area (Å²) in [6.07, 6.45) is 0.849. The molecule has 164 valence electrons. The summed E-state index contributed by atoms with van der Waals surface area (Å²) in [7, 11) is 3.13. The number of nitrogens with two attached hydrogens (primary N) is 1. The maximum Gasteiger partial charge on any atom is 0.283 e. The van der Waals surface area contributed by atoms with E-state index in [1.54, 1.807) is 20.3 Å². The first-order valence-electron chi connectivity index (χ1n) is 10.3. The second-order valence-corrected chi connectivity index (χ2v) is 8.43. The van der Waals surface area contributed by atoms with Gasteiger partial charge in [-0.3, -0.25) is 24.7 Å². The molecular weight excluding hydrogens is 404 g/mol. The van der Waals surface area contributed by atoms with Crippen molar-refractivity contribution in [1.29, 1.82) is 0 Å². The number of oxime groups is 1. The van der Waals surface area contributed by atoms with Gasteiger partial charge in [0.05, 0.1) is 32.0 Å². The molecule has 2 aliphatic carbocycles. The molecule has 4 aliphatic rings. The van der Waals surface area contributed by atoms with E-state index in [0.29, 0.717) is 30.9 Å². The number of rotatable bonds is 6. The Morgan fingerprint density at radius 3 is 2.55 bits per heavy atom. The van der Waals surface area contributed by atoms with Crippen molar-refractivity contribution in [3.8, 4) is 11.5 Å². The van der Waals surface area contributed by atoms with Gasteiger partial charge in [-0.2, -0.15) is 0 Å². The summed E-state index contributed by atoms with van der Waals surface area (Å²) in [6, 6.07) is 5.54. The molecule has 2 aliphatic heterocycles. The Morgan fingerprint density at radius 1 is 1.16 bits per heavy atom. The summed E-state index contributed by atoms with van der Waals surface area (Å²) in [5.74, 6) is 4.29. The minimum absolute atomic E-state index is 0.116. The van der Waals surface area contributed by atoms with Crippen LogP contribution in [-0.2, 0) is 25.6 Å². The Morgan fingerprint density at radius 2 is 1.87 bits per heavy atom. The second kappa shape index (κ2) is 7.23. The summed E-state index contributed by atoms with van der Waals surface area (Å²) in [5, 5.41) is 3.90. The number of hydrazine groups is 1. The minimum atomic E-state index is -0.501. The third-order valence-electron chi connectivity index (χ3n) is 7.22. The maximum atomic E-state index is 13.2. The van der Waals surface area contributed by atoms with Crippen molar-refractivity contribution in [3.05, 3.63) is 23.8 Å². The molecule has 0 unspecified atom stereocenters. The van der Waals surface area contributed by atoms with Crippen LogP contribution in [0.3, 0.4) is 0 Å². The topological polar surface area (TPSA) is 133 Å². The predicted octanol–water partition coefficient (Wildman–Crippen LogP) is -0.142. The van der Waals surface area contributed by atoms with Crippen LogP contribution in [0.5, 0.6) is 11.5 Å². The molecule has 1 saturated heterocycles. The molecule has 31 heavy (non-hydrogen) atoms. The Kier molecular flexibility index (Phi) is 4.62. The van der Waals surface area contributed by atoms with E-state index < -0.39 is 17.7 Å². The quantitative estimate of drug-likeness (QED) is 0.279. The number of carbonyl (C=O) groups is 3. The van der Waals surface area contributed by atoms with Crippen LogP contribution in [0.4, 0.5) is 0 Å². The third kappa shape index (κ3) is 2.74. The summed E-state index contributed by atoms with van der Waals surface area (Å²) >= 11 is 0. The zero-order chi connectivity index (χ0) is 21.9. The van der Waals surface area contributed by atoms with Crippen molar-refractivity contribution >= 4 is 23.4 Å². The molecule has 3 fully saturated rings. The summed E-state index contributed by atoms with van der Waals surface area (Å²) < 4.78 is 10.6. The van der Waals surface area contributed by atoms with Crippen molar-refractivity contribution in [2.75, 3.05) is 20.8 Å². The van der Waals surface area contributed by atoms with Crippen LogP contribution < -0.4 is 20.7 Å². The number of benzene rings is 1. The van der Waals surface area contributed by atoms with E-state index in [2.05, 4.69) is 10.6 Å². The molecule has 2 saturated carbocycles. The highest BCUT2D eigenvalue weighted by atomic mass is 16.6. The van der Waals surface area contributed by atoms with Crippen LogP contribution in [0.25, 0.3) is 0 Å². The van der Waals surface area contributed by atoms with Crippen LogP contribution in [0, 0.1) is 29.6 Å². The van der Waals surface area contributed by atoms with E-state index in [4.69, 9.17) is 20.2 Å². The van der Waals surface area contributed by atoms with Gasteiger partial charge in [0.25, 0.3) is 5.91 Å². The second-order valence-electron chi connectivity index (χ2n) is 8.43. The fraction of sp³-hybridized carbons (Fsp3) is 0.524. The lowest BCUT2D eigenvalue weighted by molar-refractivity contribution is -0.141.